The van der Waals surface area contributed by atoms with Crippen molar-refractivity contribution in [3.8, 4) is 0 Å². The highest BCUT2D eigenvalue weighted by Gasteiger charge is 2.35. The van der Waals surface area contributed by atoms with E-state index in [-0.39, 0.29) is 18.1 Å². The van der Waals surface area contributed by atoms with Crippen LogP contribution in [-0.2, 0) is 9.53 Å². The SMILES string of the molecule is CN(CCOCC1CC1)C(=O)N(CC(=O)O)CC(F)(F)F. The van der Waals surface area contributed by atoms with Gasteiger partial charge >= 0.3 is 18.2 Å². The molecular weight excluding hydrogens is 293 g/mol. The molecule has 0 aromatic rings. The van der Waals surface area contributed by atoms with Crippen molar-refractivity contribution < 1.29 is 32.6 Å². The maximum atomic E-state index is 12.4. The highest BCUT2D eigenvalue weighted by Crippen LogP contribution is 2.28. The van der Waals surface area contributed by atoms with Gasteiger partial charge in [-0.1, -0.05) is 0 Å². The van der Waals surface area contributed by atoms with E-state index in [2.05, 4.69) is 0 Å². The Morgan fingerprint density at radius 3 is 2.43 bits per heavy atom. The largest absolute Gasteiger partial charge is 0.480 e. The van der Waals surface area contributed by atoms with Crippen molar-refractivity contribution in [3.05, 3.63) is 0 Å². The number of carboxylic acid groups (broad SMARTS) is 1. The molecule has 0 radical (unpaired) electrons. The van der Waals surface area contributed by atoms with E-state index in [1.807, 2.05) is 0 Å². The first-order valence-electron chi connectivity index (χ1n) is 6.55. The molecule has 1 fully saturated rings. The fourth-order valence-corrected chi connectivity index (χ4v) is 1.64. The van der Waals surface area contributed by atoms with E-state index in [4.69, 9.17) is 9.84 Å². The zero-order valence-corrected chi connectivity index (χ0v) is 11.7. The van der Waals surface area contributed by atoms with Gasteiger partial charge in [0.15, 0.2) is 0 Å². The Morgan fingerprint density at radius 2 is 1.95 bits per heavy atom. The van der Waals surface area contributed by atoms with Crippen LogP contribution in [-0.4, -0.2) is 73.0 Å². The molecule has 1 rings (SSSR count). The average molecular weight is 312 g/mol. The van der Waals surface area contributed by atoms with Crippen molar-refractivity contribution in [2.24, 2.45) is 5.92 Å². The van der Waals surface area contributed by atoms with Gasteiger partial charge in [-0.2, -0.15) is 13.2 Å². The van der Waals surface area contributed by atoms with Gasteiger partial charge < -0.3 is 19.6 Å². The Bertz CT molecular complexity index is 372. The molecule has 0 aromatic carbocycles. The number of likely N-dealkylation sites (N-methyl/N-ethyl adjacent to an activating group) is 1. The lowest BCUT2D eigenvalue weighted by Crippen LogP contribution is -2.48. The van der Waals surface area contributed by atoms with Crippen molar-refractivity contribution in [3.63, 3.8) is 0 Å². The number of rotatable bonds is 8. The lowest BCUT2D eigenvalue weighted by Gasteiger charge is -2.27. The second kappa shape index (κ2) is 7.48. The van der Waals surface area contributed by atoms with Gasteiger partial charge in [-0.25, -0.2) is 4.79 Å². The Morgan fingerprint density at radius 1 is 1.33 bits per heavy atom. The molecular formula is C12H19F3N2O4. The minimum atomic E-state index is -4.64. The first kappa shape index (κ1) is 17.5. The summed E-state index contributed by atoms with van der Waals surface area (Å²) < 4.78 is 42.3. The number of nitrogens with zero attached hydrogens (tertiary/aromatic N) is 2. The number of halogens is 3. The second-order valence-electron chi connectivity index (χ2n) is 5.09. The Kier molecular flexibility index (Phi) is 6.25. The molecule has 0 spiro atoms. The lowest BCUT2D eigenvalue weighted by atomic mass is 10.4. The average Bonchev–Trinajstić information content (AvgIpc) is 3.14. The minimum absolute atomic E-state index is 0.111. The highest BCUT2D eigenvalue weighted by atomic mass is 19.4. The summed E-state index contributed by atoms with van der Waals surface area (Å²) >= 11 is 0. The van der Waals surface area contributed by atoms with E-state index in [1.54, 1.807) is 0 Å². The lowest BCUT2D eigenvalue weighted by molar-refractivity contribution is -0.149. The zero-order valence-electron chi connectivity index (χ0n) is 11.7. The maximum Gasteiger partial charge on any atom is 0.406 e. The summed E-state index contributed by atoms with van der Waals surface area (Å²) in [5.74, 6) is -0.939. The van der Waals surface area contributed by atoms with Crippen LogP contribution >= 0.6 is 0 Å². The van der Waals surface area contributed by atoms with Gasteiger partial charge in [0.05, 0.1) is 6.61 Å². The van der Waals surface area contributed by atoms with Crippen molar-refractivity contribution in [1.82, 2.24) is 9.80 Å². The quantitative estimate of drug-likeness (QED) is 0.688. The Hall–Kier alpha value is -1.51. The molecule has 0 saturated heterocycles. The smallest absolute Gasteiger partial charge is 0.406 e. The number of hydrogen-bond donors (Lipinski definition) is 1. The maximum absolute atomic E-state index is 12.4. The second-order valence-corrected chi connectivity index (χ2v) is 5.09. The van der Waals surface area contributed by atoms with Gasteiger partial charge in [0.2, 0.25) is 0 Å². The number of hydrogen-bond acceptors (Lipinski definition) is 3. The van der Waals surface area contributed by atoms with Gasteiger partial charge in [-0.3, -0.25) is 4.79 Å². The molecule has 0 aromatic heterocycles. The first-order chi connectivity index (χ1) is 9.69. The molecule has 9 heteroatoms. The van der Waals surface area contributed by atoms with Gasteiger partial charge in [-0.05, 0) is 18.8 Å². The van der Waals surface area contributed by atoms with Gasteiger partial charge in [0.25, 0.3) is 0 Å². The van der Waals surface area contributed by atoms with Crippen LogP contribution in [0.1, 0.15) is 12.8 Å². The highest BCUT2D eigenvalue weighted by molar-refractivity contribution is 5.80. The molecule has 0 aliphatic heterocycles. The topological polar surface area (TPSA) is 70.1 Å². The van der Waals surface area contributed by atoms with Crippen molar-refractivity contribution >= 4 is 12.0 Å². The van der Waals surface area contributed by atoms with Gasteiger partial charge in [0, 0.05) is 20.2 Å². The molecule has 6 nitrogen and oxygen atoms in total. The summed E-state index contributed by atoms with van der Waals surface area (Å²) in [7, 11) is 1.31. The van der Waals surface area contributed by atoms with Crippen LogP contribution in [0.4, 0.5) is 18.0 Å². The Balaban J connectivity index is 2.41. The van der Waals surface area contributed by atoms with Crippen LogP contribution in [0.25, 0.3) is 0 Å². The summed E-state index contributed by atoms with van der Waals surface area (Å²) in [5.41, 5.74) is 0. The summed E-state index contributed by atoms with van der Waals surface area (Å²) in [6, 6.07) is -0.982. The third-order valence-corrected chi connectivity index (χ3v) is 2.91. The molecule has 1 saturated carbocycles. The third kappa shape index (κ3) is 7.74. The normalized spacial score (nSPS) is 14.9. The summed E-state index contributed by atoms with van der Waals surface area (Å²) in [5, 5.41) is 8.59. The van der Waals surface area contributed by atoms with Crippen LogP contribution < -0.4 is 0 Å². The fourth-order valence-electron chi connectivity index (χ4n) is 1.64. The van der Waals surface area contributed by atoms with Gasteiger partial charge in [-0.15, -0.1) is 0 Å². The number of carbonyl (C=O) groups excluding carboxylic acids is 1. The number of carboxylic acids is 1. The third-order valence-electron chi connectivity index (χ3n) is 2.91. The molecule has 1 N–H and O–H groups in total. The van der Waals surface area contributed by atoms with Crippen LogP contribution in [0.5, 0.6) is 0 Å². The Labute approximate surface area is 120 Å². The van der Waals surface area contributed by atoms with E-state index >= 15 is 0 Å². The number of amides is 2. The summed E-state index contributed by atoms with van der Waals surface area (Å²) in [6.07, 6.45) is -2.41. The van der Waals surface area contributed by atoms with Crippen LogP contribution in [0.3, 0.4) is 0 Å². The molecule has 21 heavy (non-hydrogen) atoms. The van der Waals surface area contributed by atoms with Crippen LogP contribution in [0, 0.1) is 5.92 Å². The molecule has 0 heterocycles. The van der Waals surface area contributed by atoms with Gasteiger partial charge in [0.1, 0.15) is 13.1 Å². The standard InChI is InChI=1S/C12H19F3N2O4/c1-16(4-5-21-7-9-2-3-9)11(20)17(6-10(18)19)8-12(13,14)15/h9H,2-8H2,1H3,(H,18,19). The number of alkyl halides is 3. The molecule has 122 valence electrons. The van der Waals surface area contributed by atoms with E-state index < -0.39 is 31.3 Å². The fraction of sp³-hybridized carbons (Fsp3) is 0.833. The van der Waals surface area contributed by atoms with Crippen molar-refractivity contribution in [2.75, 3.05) is 39.9 Å². The summed E-state index contributed by atoms with van der Waals surface area (Å²) in [4.78, 5) is 23.7. The first-order valence-corrected chi connectivity index (χ1v) is 6.55. The molecule has 0 bridgehead atoms. The predicted octanol–water partition coefficient (Wildman–Crippen LogP) is 1.41. The number of aliphatic carboxylic acids is 1. The number of carbonyl (C=O) groups is 2. The molecule has 0 unspecified atom stereocenters. The van der Waals surface area contributed by atoms with Crippen molar-refractivity contribution in [2.45, 2.75) is 19.0 Å². The summed E-state index contributed by atoms with van der Waals surface area (Å²) in [6.45, 7) is -1.67. The van der Waals surface area contributed by atoms with E-state index in [0.29, 0.717) is 12.5 Å². The van der Waals surface area contributed by atoms with Crippen LogP contribution in [0.2, 0.25) is 0 Å². The van der Waals surface area contributed by atoms with E-state index in [9.17, 15) is 22.8 Å². The number of ether oxygens (including phenoxy) is 1. The molecule has 1 aliphatic rings. The molecule has 0 atom stereocenters. The number of urea groups is 1. The molecule has 2 amide bonds. The zero-order chi connectivity index (χ0) is 16.0. The predicted molar refractivity (Wildman–Crippen MR) is 66.8 cm³/mol. The molecule has 1 aliphatic carbocycles. The van der Waals surface area contributed by atoms with Crippen molar-refractivity contribution in [1.29, 1.82) is 0 Å². The van der Waals surface area contributed by atoms with E-state index in [0.717, 1.165) is 17.7 Å². The minimum Gasteiger partial charge on any atom is -0.480 e. The van der Waals surface area contributed by atoms with E-state index in [1.165, 1.54) is 7.05 Å². The van der Waals surface area contributed by atoms with Crippen LogP contribution in [0.15, 0.2) is 0 Å². The monoisotopic (exact) mass is 312 g/mol.